The lowest BCUT2D eigenvalue weighted by molar-refractivity contribution is 0.579. The molecule has 0 spiro atoms. The van der Waals surface area contributed by atoms with E-state index in [1.54, 1.807) is 0 Å². The number of anilines is 2. The molecule has 0 radical (unpaired) electrons. The number of hydrogen-bond donors (Lipinski definition) is 1. The van der Waals surface area contributed by atoms with Crippen LogP contribution in [0.4, 0.5) is 11.4 Å². The van der Waals surface area contributed by atoms with Crippen molar-refractivity contribution < 1.29 is 8.42 Å². The molecule has 2 rings (SSSR count). The van der Waals surface area contributed by atoms with Crippen LogP contribution in [-0.4, -0.2) is 40.1 Å². The third kappa shape index (κ3) is 3.26. The highest BCUT2D eigenvalue weighted by atomic mass is 32.2. The van der Waals surface area contributed by atoms with E-state index in [0.717, 1.165) is 30.6 Å². The minimum Gasteiger partial charge on any atom is -0.381 e. The van der Waals surface area contributed by atoms with Gasteiger partial charge in [-0.15, -0.1) is 0 Å². The van der Waals surface area contributed by atoms with Crippen molar-refractivity contribution in [1.29, 1.82) is 0 Å². The Labute approximate surface area is 122 Å². The van der Waals surface area contributed by atoms with E-state index >= 15 is 0 Å². The molecule has 0 bridgehead atoms. The van der Waals surface area contributed by atoms with Crippen LogP contribution in [0, 0.1) is 6.92 Å². The molecule has 1 fully saturated rings. The molecule has 1 aromatic rings. The van der Waals surface area contributed by atoms with Gasteiger partial charge in [0.25, 0.3) is 0 Å². The van der Waals surface area contributed by atoms with Crippen molar-refractivity contribution in [1.82, 2.24) is 0 Å². The van der Waals surface area contributed by atoms with E-state index in [-0.39, 0.29) is 11.3 Å². The van der Waals surface area contributed by atoms with Gasteiger partial charge in [-0.25, -0.2) is 8.42 Å². The fourth-order valence-electron chi connectivity index (χ4n) is 3.00. The van der Waals surface area contributed by atoms with E-state index in [2.05, 4.69) is 29.3 Å². The summed E-state index contributed by atoms with van der Waals surface area (Å²) in [5.41, 5.74) is 3.37. The second kappa shape index (κ2) is 5.64. The first kappa shape index (κ1) is 15.2. The summed E-state index contributed by atoms with van der Waals surface area (Å²) in [6.07, 6.45) is 4.01. The minimum absolute atomic E-state index is 0.0303. The van der Waals surface area contributed by atoms with E-state index in [9.17, 15) is 8.42 Å². The fourth-order valence-corrected chi connectivity index (χ4v) is 4.39. The first-order valence-electron chi connectivity index (χ1n) is 7.02. The number of rotatable bonds is 4. The molecule has 0 aromatic heterocycles. The zero-order valence-electron chi connectivity index (χ0n) is 12.7. The average molecular weight is 296 g/mol. The molecule has 2 unspecified atom stereocenters. The standard InChI is InChI=1S/C15H24N2O2S/c1-11-8-9-12(10-14(11)17(2)3)16-13-6-5-7-15(13)20(4,18)19/h8-10,13,15-16H,5-7H2,1-4H3. The molecule has 1 aliphatic rings. The van der Waals surface area contributed by atoms with Gasteiger partial charge in [0.1, 0.15) is 0 Å². The Morgan fingerprint density at radius 2 is 1.95 bits per heavy atom. The van der Waals surface area contributed by atoms with Crippen molar-refractivity contribution >= 4 is 21.2 Å². The van der Waals surface area contributed by atoms with Gasteiger partial charge in [-0.2, -0.15) is 0 Å². The molecule has 0 heterocycles. The fraction of sp³-hybridized carbons (Fsp3) is 0.600. The van der Waals surface area contributed by atoms with Crippen LogP contribution in [0.1, 0.15) is 24.8 Å². The second-order valence-corrected chi connectivity index (χ2v) is 8.21. The summed E-state index contributed by atoms with van der Waals surface area (Å²) in [4.78, 5) is 2.07. The predicted octanol–water partition coefficient (Wildman–Crippen LogP) is 2.44. The number of hydrogen-bond acceptors (Lipinski definition) is 4. The summed E-state index contributed by atoms with van der Waals surface area (Å²) in [5, 5.41) is 3.16. The average Bonchev–Trinajstić information content (AvgIpc) is 2.79. The summed E-state index contributed by atoms with van der Waals surface area (Å²) >= 11 is 0. The van der Waals surface area contributed by atoms with Gasteiger partial charge in [0.2, 0.25) is 0 Å². The normalized spacial score (nSPS) is 22.8. The van der Waals surface area contributed by atoms with Crippen LogP contribution < -0.4 is 10.2 Å². The number of benzene rings is 1. The molecule has 1 N–H and O–H groups in total. The molecule has 4 nitrogen and oxygen atoms in total. The maximum absolute atomic E-state index is 11.8. The highest BCUT2D eigenvalue weighted by Crippen LogP contribution is 2.30. The first-order chi connectivity index (χ1) is 9.29. The molecule has 2 atom stereocenters. The summed E-state index contributed by atoms with van der Waals surface area (Å²) in [6, 6.07) is 6.22. The summed E-state index contributed by atoms with van der Waals surface area (Å²) in [6.45, 7) is 2.08. The zero-order chi connectivity index (χ0) is 14.9. The molecule has 1 aromatic carbocycles. The Balaban J connectivity index is 2.20. The van der Waals surface area contributed by atoms with Gasteiger partial charge in [-0.3, -0.25) is 0 Å². The lowest BCUT2D eigenvalue weighted by Crippen LogP contribution is -2.34. The molecule has 5 heteroatoms. The Morgan fingerprint density at radius 1 is 1.25 bits per heavy atom. The van der Waals surface area contributed by atoms with Crippen LogP contribution in [0.5, 0.6) is 0 Å². The maximum atomic E-state index is 11.8. The van der Waals surface area contributed by atoms with Gasteiger partial charge in [-0.1, -0.05) is 6.07 Å². The Kier molecular flexibility index (Phi) is 4.28. The van der Waals surface area contributed by atoms with E-state index < -0.39 is 9.84 Å². The van der Waals surface area contributed by atoms with Gasteiger partial charge in [-0.05, 0) is 43.9 Å². The van der Waals surface area contributed by atoms with Crippen LogP contribution in [0.2, 0.25) is 0 Å². The van der Waals surface area contributed by atoms with Crippen molar-refractivity contribution in [3.8, 4) is 0 Å². The first-order valence-corrected chi connectivity index (χ1v) is 8.98. The monoisotopic (exact) mass is 296 g/mol. The van der Waals surface area contributed by atoms with Gasteiger partial charge in [0.05, 0.1) is 5.25 Å². The third-order valence-electron chi connectivity index (χ3n) is 4.05. The Bertz CT molecular complexity index is 582. The van der Waals surface area contributed by atoms with Crippen LogP contribution >= 0.6 is 0 Å². The highest BCUT2D eigenvalue weighted by Gasteiger charge is 2.34. The Hall–Kier alpha value is -1.23. The van der Waals surface area contributed by atoms with Crippen LogP contribution in [0.3, 0.4) is 0 Å². The van der Waals surface area contributed by atoms with E-state index in [1.165, 1.54) is 11.8 Å². The van der Waals surface area contributed by atoms with Gasteiger partial charge in [0.15, 0.2) is 9.84 Å². The van der Waals surface area contributed by atoms with Gasteiger partial charge < -0.3 is 10.2 Å². The van der Waals surface area contributed by atoms with Crippen LogP contribution in [-0.2, 0) is 9.84 Å². The molecular weight excluding hydrogens is 272 g/mol. The number of nitrogens with zero attached hydrogens (tertiary/aromatic N) is 1. The summed E-state index contributed by atoms with van der Waals surface area (Å²) in [5.74, 6) is 0. The van der Waals surface area contributed by atoms with E-state index in [4.69, 9.17) is 0 Å². The maximum Gasteiger partial charge on any atom is 0.152 e. The molecule has 0 amide bonds. The quantitative estimate of drug-likeness (QED) is 0.927. The molecule has 0 aliphatic heterocycles. The summed E-state index contributed by atoms with van der Waals surface area (Å²) < 4.78 is 23.6. The number of aryl methyl sites for hydroxylation is 1. The second-order valence-electron chi connectivity index (χ2n) is 5.95. The van der Waals surface area contributed by atoms with Gasteiger partial charge >= 0.3 is 0 Å². The van der Waals surface area contributed by atoms with E-state index in [1.807, 2.05) is 20.2 Å². The molecule has 0 saturated heterocycles. The number of sulfone groups is 1. The smallest absolute Gasteiger partial charge is 0.152 e. The Morgan fingerprint density at radius 3 is 2.55 bits per heavy atom. The topological polar surface area (TPSA) is 49.4 Å². The number of nitrogens with one attached hydrogen (secondary N) is 1. The van der Waals surface area contributed by atoms with Crippen molar-refractivity contribution in [3.63, 3.8) is 0 Å². The molecular formula is C15H24N2O2S. The van der Waals surface area contributed by atoms with Crippen molar-refractivity contribution in [2.24, 2.45) is 0 Å². The molecule has 112 valence electrons. The minimum atomic E-state index is -2.98. The third-order valence-corrected chi connectivity index (χ3v) is 5.71. The lowest BCUT2D eigenvalue weighted by Gasteiger charge is -2.23. The van der Waals surface area contributed by atoms with Crippen molar-refractivity contribution in [3.05, 3.63) is 23.8 Å². The van der Waals surface area contributed by atoms with Crippen molar-refractivity contribution in [2.45, 2.75) is 37.5 Å². The lowest BCUT2D eigenvalue weighted by atomic mass is 10.1. The van der Waals surface area contributed by atoms with E-state index in [0.29, 0.717) is 0 Å². The predicted molar refractivity (Wildman–Crippen MR) is 85.4 cm³/mol. The highest BCUT2D eigenvalue weighted by molar-refractivity contribution is 7.91. The molecule has 1 aliphatic carbocycles. The largest absolute Gasteiger partial charge is 0.381 e. The summed E-state index contributed by atoms with van der Waals surface area (Å²) in [7, 11) is 1.05. The molecule has 1 saturated carbocycles. The van der Waals surface area contributed by atoms with Crippen LogP contribution in [0.25, 0.3) is 0 Å². The van der Waals surface area contributed by atoms with Crippen LogP contribution in [0.15, 0.2) is 18.2 Å². The van der Waals surface area contributed by atoms with Crippen molar-refractivity contribution in [2.75, 3.05) is 30.6 Å². The molecule has 20 heavy (non-hydrogen) atoms. The van der Waals surface area contributed by atoms with Gasteiger partial charge in [0, 0.05) is 37.8 Å². The SMILES string of the molecule is Cc1ccc(NC2CCCC2S(C)(=O)=O)cc1N(C)C. The zero-order valence-corrected chi connectivity index (χ0v) is 13.5.